The summed E-state index contributed by atoms with van der Waals surface area (Å²) in [5.41, 5.74) is 1.36. The van der Waals surface area contributed by atoms with Crippen molar-refractivity contribution in [2.75, 3.05) is 6.54 Å². The molecule has 0 unspecified atom stereocenters. The number of rotatable bonds is 4. The minimum absolute atomic E-state index is 0.182. The second kappa shape index (κ2) is 5.77. The smallest absolute Gasteiger partial charge is 0.271 e. The number of carbonyl (C=O) groups excluding carboxylic acids is 1. The van der Waals surface area contributed by atoms with Crippen LogP contribution in [0, 0.1) is 0 Å². The molecule has 0 radical (unpaired) electrons. The van der Waals surface area contributed by atoms with Crippen LogP contribution in [0.2, 0.25) is 0 Å². The topological polar surface area (TPSA) is 59.8 Å². The summed E-state index contributed by atoms with van der Waals surface area (Å²) in [5, 5.41) is 7.06. The molecule has 0 aliphatic rings. The number of halogens is 1. The molecule has 2 rings (SSSR count). The van der Waals surface area contributed by atoms with Crippen molar-refractivity contribution in [1.29, 1.82) is 0 Å². The van der Waals surface area contributed by atoms with Crippen molar-refractivity contribution in [3.63, 3.8) is 0 Å². The van der Waals surface area contributed by atoms with Crippen LogP contribution in [0.5, 0.6) is 0 Å². The van der Waals surface area contributed by atoms with Crippen molar-refractivity contribution >= 4 is 21.8 Å². The van der Waals surface area contributed by atoms with Crippen LogP contribution in [-0.2, 0) is 13.5 Å². The van der Waals surface area contributed by atoms with Gasteiger partial charge in [0.05, 0.1) is 5.69 Å². The minimum atomic E-state index is -0.182. The zero-order chi connectivity index (χ0) is 13.0. The van der Waals surface area contributed by atoms with Crippen LogP contribution in [0.4, 0.5) is 0 Å². The average Bonchev–Trinajstić information content (AvgIpc) is 2.75. The lowest BCUT2D eigenvalue weighted by atomic mass is 10.3. The van der Waals surface area contributed by atoms with Crippen molar-refractivity contribution in [2.24, 2.45) is 7.05 Å². The Morgan fingerprint density at radius 1 is 1.50 bits per heavy atom. The molecule has 0 atom stereocenters. The molecule has 5 nitrogen and oxygen atoms in total. The summed E-state index contributed by atoms with van der Waals surface area (Å²) < 4.78 is 2.44. The number of nitrogens with one attached hydrogen (secondary N) is 1. The molecule has 0 fully saturated rings. The molecule has 1 N–H and O–H groups in total. The molecule has 2 aromatic rings. The summed E-state index contributed by atoms with van der Waals surface area (Å²) in [4.78, 5) is 15.9. The predicted octanol–water partition coefficient (Wildman–Crippen LogP) is 1.55. The summed E-state index contributed by atoms with van der Waals surface area (Å²) in [5.74, 6) is -0.182. The van der Waals surface area contributed by atoms with Gasteiger partial charge in [0.25, 0.3) is 5.91 Å². The molecule has 2 heterocycles. The first kappa shape index (κ1) is 12.8. The Hall–Kier alpha value is -1.69. The van der Waals surface area contributed by atoms with Gasteiger partial charge in [-0.05, 0) is 34.1 Å². The quantitative estimate of drug-likeness (QED) is 0.932. The van der Waals surface area contributed by atoms with Gasteiger partial charge < -0.3 is 5.32 Å². The lowest BCUT2D eigenvalue weighted by Gasteiger charge is -2.04. The molecule has 6 heteroatoms. The standard InChI is InChI=1S/C12H13BrN4O/c1-17-8-5-9(16-17)4-7-15-12(18)11-10(13)3-2-6-14-11/h2-3,5-6,8H,4,7H2,1H3,(H,15,18). The van der Waals surface area contributed by atoms with Crippen molar-refractivity contribution in [2.45, 2.75) is 6.42 Å². The molecule has 0 saturated carbocycles. The maximum Gasteiger partial charge on any atom is 0.271 e. The number of aromatic nitrogens is 3. The number of pyridine rings is 1. The molecule has 18 heavy (non-hydrogen) atoms. The highest BCUT2D eigenvalue weighted by Gasteiger charge is 2.10. The van der Waals surface area contributed by atoms with Gasteiger partial charge in [0.1, 0.15) is 5.69 Å². The van der Waals surface area contributed by atoms with E-state index >= 15 is 0 Å². The molecular formula is C12H13BrN4O. The van der Waals surface area contributed by atoms with Gasteiger partial charge in [-0.1, -0.05) is 0 Å². The van der Waals surface area contributed by atoms with E-state index in [2.05, 4.69) is 31.3 Å². The number of nitrogens with zero attached hydrogens (tertiary/aromatic N) is 3. The van der Waals surface area contributed by atoms with Gasteiger partial charge in [0, 0.05) is 36.9 Å². The molecule has 0 aromatic carbocycles. The van der Waals surface area contributed by atoms with E-state index in [0.29, 0.717) is 23.1 Å². The zero-order valence-electron chi connectivity index (χ0n) is 9.93. The van der Waals surface area contributed by atoms with E-state index in [0.717, 1.165) is 5.69 Å². The summed E-state index contributed by atoms with van der Waals surface area (Å²) >= 11 is 3.30. The van der Waals surface area contributed by atoms with E-state index in [4.69, 9.17) is 0 Å². The minimum Gasteiger partial charge on any atom is -0.350 e. The lowest BCUT2D eigenvalue weighted by molar-refractivity contribution is 0.0948. The SMILES string of the molecule is Cn1ccc(CCNC(=O)c2ncccc2Br)n1. The van der Waals surface area contributed by atoms with E-state index in [1.165, 1.54) is 0 Å². The van der Waals surface area contributed by atoms with Gasteiger partial charge in [-0.25, -0.2) is 4.98 Å². The third kappa shape index (κ3) is 3.16. The second-order valence-corrected chi connectivity index (χ2v) is 4.67. The Morgan fingerprint density at radius 2 is 2.33 bits per heavy atom. The van der Waals surface area contributed by atoms with Crippen molar-refractivity contribution in [3.05, 3.63) is 46.5 Å². The monoisotopic (exact) mass is 308 g/mol. The molecule has 94 valence electrons. The Kier molecular flexibility index (Phi) is 4.09. The highest BCUT2D eigenvalue weighted by Crippen LogP contribution is 2.12. The first-order valence-corrected chi connectivity index (χ1v) is 6.33. The molecule has 0 saturated heterocycles. The van der Waals surface area contributed by atoms with Crippen LogP contribution in [0.15, 0.2) is 35.1 Å². The number of hydrogen-bond acceptors (Lipinski definition) is 3. The maximum absolute atomic E-state index is 11.8. The fraction of sp³-hybridized carbons (Fsp3) is 0.250. The van der Waals surface area contributed by atoms with Crippen molar-refractivity contribution in [3.8, 4) is 0 Å². The number of carbonyl (C=O) groups is 1. The highest BCUT2D eigenvalue weighted by molar-refractivity contribution is 9.10. The summed E-state index contributed by atoms with van der Waals surface area (Å²) in [6, 6.07) is 5.50. The first-order valence-electron chi connectivity index (χ1n) is 5.54. The van der Waals surface area contributed by atoms with Gasteiger partial charge in [0.15, 0.2) is 0 Å². The Labute approximate surface area is 113 Å². The third-order valence-corrected chi connectivity index (χ3v) is 3.05. The van der Waals surface area contributed by atoms with Gasteiger partial charge >= 0.3 is 0 Å². The molecule has 2 aromatic heterocycles. The number of hydrogen-bond donors (Lipinski definition) is 1. The number of amides is 1. The molecular weight excluding hydrogens is 296 g/mol. The maximum atomic E-state index is 11.8. The lowest BCUT2D eigenvalue weighted by Crippen LogP contribution is -2.27. The van der Waals surface area contributed by atoms with E-state index < -0.39 is 0 Å². The van der Waals surface area contributed by atoms with E-state index in [-0.39, 0.29) is 5.91 Å². The van der Waals surface area contributed by atoms with Gasteiger partial charge in [-0.2, -0.15) is 5.10 Å². The fourth-order valence-electron chi connectivity index (χ4n) is 1.54. The molecule has 0 aliphatic heterocycles. The Morgan fingerprint density at radius 3 is 3.00 bits per heavy atom. The van der Waals surface area contributed by atoms with Crippen LogP contribution in [0.25, 0.3) is 0 Å². The van der Waals surface area contributed by atoms with Crippen LogP contribution >= 0.6 is 15.9 Å². The summed E-state index contributed by atoms with van der Waals surface area (Å²) in [6.07, 6.45) is 4.18. The average molecular weight is 309 g/mol. The zero-order valence-corrected chi connectivity index (χ0v) is 11.5. The van der Waals surface area contributed by atoms with Crippen molar-refractivity contribution in [1.82, 2.24) is 20.1 Å². The third-order valence-electron chi connectivity index (χ3n) is 2.41. The molecule has 1 amide bonds. The van der Waals surface area contributed by atoms with Crippen LogP contribution in [-0.4, -0.2) is 27.2 Å². The van der Waals surface area contributed by atoms with Gasteiger partial charge in [0.2, 0.25) is 0 Å². The Bertz CT molecular complexity index is 553. The first-order chi connectivity index (χ1) is 8.66. The largest absolute Gasteiger partial charge is 0.350 e. The summed E-state index contributed by atoms with van der Waals surface area (Å²) in [7, 11) is 1.87. The second-order valence-electron chi connectivity index (χ2n) is 3.82. The summed E-state index contributed by atoms with van der Waals surface area (Å²) in [6.45, 7) is 0.541. The molecule has 0 bridgehead atoms. The fourth-order valence-corrected chi connectivity index (χ4v) is 1.97. The predicted molar refractivity (Wildman–Crippen MR) is 71.2 cm³/mol. The van der Waals surface area contributed by atoms with Crippen LogP contribution in [0.3, 0.4) is 0 Å². The normalized spacial score (nSPS) is 10.3. The van der Waals surface area contributed by atoms with Crippen LogP contribution in [0.1, 0.15) is 16.2 Å². The van der Waals surface area contributed by atoms with E-state index in [1.54, 1.807) is 23.0 Å². The van der Waals surface area contributed by atoms with Crippen LogP contribution < -0.4 is 5.32 Å². The molecule has 0 aliphatic carbocycles. The van der Waals surface area contributed by atoms with E-state index in [9.17, 15) is 4.79 Å². The van der Waals surface area contributed by atoms with Crippen molar-refractivity contribution < 1.29 is 4.79 Å². The molecule has 0 spiro atoms. The van der Waals surface area contributed by atoms with Gasteiger partial charge in [-0.3, -0.25) is 9.48 Å². The Balaban J connectivity index is 1.87. The van der Waals surface area contributed by atoms with Gasteiger partial charge in [-0.15, -0.1) is 0 Å². The number of aryl methyl sites for hydroxylation is 1. The van der Waals surface area contributed by atoms with E-state index in [1.807, 2.05) is 19.3 Å². The highest BCUT2D eigenvalue weighted by atomic mass is 79.9.